The molecule has 2 bridgehead atoms. The lowest BCUT2D eigenvalue weighted by atomic mass is 9.49. The standard InChI is InChI=1S/C30H43F3N4O2/c1-4-5-6-10-27(38)37(21-22-11-12-23-20-26(22)29(23,2)3)18-15-35-13-16-36(17-14-35)28(39)34-25-9-7-8-24(19-25)30(31,32)33/h7-9,11,19,23,26H,4-6,10,12-18,20-21H2,1-3H3,(H,34,39). The number of allylic oxidation sites excluding steroid dienone is 1. The summed E-state index contributed by atoms with van der Waals surface area (Å²) in [6.45, 7) is 11.3. The molecule has 216 valence electrons. The fourth-order valence-electron chi connectivity index (χ4n) is 6.27. The molecule has 1 saturated carbocycles. The Morgan fingerprint density at radius 1 is 1.13 bits per heavy atom. The number of alkyl halides is 3. The number of amides is 3. The van der Waals surface area contributed by atoms with E-state index in [4.69, 9.17) is 0 Å². The lowest BCUT2D eigenvalue weighted by Gasteiger charge is -2.57. The Bertz CT molecular complexity index is 1050. The highest BCUT2D eigenvalue weighted by Gasteiger charge is 2.51. The average molecular weight is 549 g/mol. The summed E-state index contributed by atoms with van der Waals surface area (Å²) < 4.78 is 39.0. The molecule has 2 fully saturated rings. The average Bonchev–Trinajstić information content (AvgIpc) is 2.91. The molecule has 0 spiro atoms. The van der Waals surface area contributed by atoms with Crippen LogP contribution in [-0.2, 0) is 11.0 Å². The van der Waals surface area contributed by atoms with Crippen LogP contribution in [0.1, 0.15) is 64.9 Å². The highest BCUT2D eigenvalue weighted by Crippen LogP contribution is 2.59. The van der Waals surface area contributed by atoms with Gasteiger partial charge in [-0.1, -0.05) is 51.3 Å². The lowest BCUT2D eigenvalue weighted by Crippen LogP contribution is -2.52. The van der Waals surface area contributed by atoms with E-state index in [2.05, 4.69) is 37.1 Å². The molecule has 0 radical (unpaired) electrons. The third-order valence-corrected chi connectivity index (χ3v) is 9.09. The van der Waals surface area contributed by atoms with Gasteiger partial charge in [-0.3, -0.25) is 9.69 Å². The molecule has 2 atom stereocenters. The van der Waals surface area contributed by atoms with Crippen LogP contribution < -0.4 is 5.32 Å². The summed E-state index contributed by atoms with van der Waals surface area (Å²) in [5.41, 5.74) is 1.09. The zero-order valence-corrected chi connectivity index (χ0v) is 23.5. The Balaban J connectivity index is 1.28. The van der Waals surface area contributed by atoms with Gasteiger partial charge in [0.25, 0.3) is 0 Å². The van der Waals surface area contributed by atoms with Gasteiger partial charge in [-0.2, -0.15) is 13.2 Å². The Hall–Kier alpha value is -2.55. The molecule has 1 aliphatic heterocycles. The monoisotopic (exact) mass is 548 g/mol. The van der Waals surface area contributed by atoms with Crippen LogP contribution in [-0.4, -0.2) is 72.5 Å². The maximum Gasteiger partial charge on any atom is 0.416 e. The summed E-state index contributed by atoms with van der Waals surface area (Å²) in [4.78, 5) is 31.8. The number of anilines is 1. The van der Waals surface area contributed by atoms with Gasteiger partial charge in [0.2, 0.25) is 5.91 Å². The van der Waals surface area contributed by atoms with E-state index in [1.165, 1.54) is 24.1 Å². The van der Waals surface area contributed by atoms with Gasteiger partial charge in [-0.05, 0) is 54.7 Å². The second-order valence-electron chi connectivity index (χ2n) is 11.9. The first-order chi connectivity index (χ1) is 18.5. The Kier molecular flexibility index (Phi) is 9.29. The van der Waals surface area contributed by atoms with Crippen molar-refractivity contribution in [1.29, 1.82) is 0 Å². The molecule has 1 N–H and O–H groups in total. The first kappa shape index (κ1) is 29.4. The molecule has 3 aliphatic carbocycles. The molecule has 3 amide bonds. The van der Waals surface area contributed by atoms with Crippen LogP contribution in [0.15, 0.2) is 35.9 Å². The van der Waals surface area contributed by atoms with E-state index in [1.54, 1.807) is 4.90 Å². The first-order valence-corrected chi connectivity index (χ1v) is 14.4. The van der Waals surface area contributed by atoms with Crippen molar-refractivity contribution >= 4 is 17.6 Å². The molecule has 1 heterocycles. The number of hydrogen-bond donors (Lipinski definition) is 1. The number of carbonyl (C=O) groups excluding carboxylic acids is 2. The molecule has 6 nitrogen and oxygen atoms in total. The number of nitrogens with zero attached hydrogens (tertiary/aromatic N) is 3. The minimum absolute atomic E-state index is 0.132. The molecule has 1 aromatic carbocycles. The highest BCUT2D eigenvalue weighted by molar-refractivity contribution is 5.89. The maximum atomic E-state index is 13.2. The van der Waals surface area contributed by atoms with Crippen molar-refractivity contribution in [3.8, 4) is 0 Å². The highest BCUT2D eigenvalue weighted by atomic mass is 19.4. The summed E-state index contributed by atoms with van der Waals surface area (Å²) >= 11 is 0. The van der Waals surface area contributed by atoms with Gasteiger partial charge in [0, 0.05) is 57.9 Å². The number of benzene rings is 1. The molecule has 4 aliphatic rings. The summed E-state index contributed by atoms with van der Waals surface area (Å²) in [6.07, 6.45) is 3.91. The molecule has 2 unspecified atom stereocenters. The SMILES string of the molecule is CCCCCC(=O)N(CCN1CCN(C(=O)Nc2cccc(C(F)(F)F)c2)CC1)CC1=CCC2CC1C2(C)C. The van der Waals surface area contributed by atoms with E-state index in [1.807, 2.05) is 4.90 Å². The number of carbonyl (C=O) groups is 2. The third kappa shape index (κ3) is 7.16. The minimum Gasteiger partial charge on any atom is -0.337 e. The molecular formula is C30H43F3N4O2. The predicted molar refractivity (Wildman–Crippen MR) is 147 cm³/mol. The van der Waals surface area contributed by atoms with Crippen LogP contribution in [0.25, 0.3) is 0 Å². The summed E-state index contributed by atoms with van der Waals surface area (Å²) in [5.74, 6) is 1.56. The zero-order chi connectivity index (χ0) is 28.2. The first-order valence-electron chi connectivity index (χ1n) is 14.4. The number of fused-ring (bicyclic) bond motifs is 1. The number of urea groups is 1. The minimum atomic E-state index is -4.46. The Morgan fingerprint density at radius 3 is 2.51 bits per heavy atom. The van der Waals surface area contributed by atoms with E-state index >= 15 is 0 Å². The van der Waals surface area contributed by atoms with Gasteiger partial charge in [0.15, 0.2) is 0 Å². The summed E-state index contributed by atoms with van der Waals surface area (Å²) in [7, 11) is 0. The van der Waals surface area contributed by atoms with Crippen molar-refractivity contribution in [3.05, 3.63) is 41.5 Å². The van der Waals surface area contributed by atoms with Gasteiger partial charge in [-0.15, -0.1) is 0 Å². The third-order valence-electron chi connectivity index (χ3n) is 9.09. The Labute approximate surface area is 230 Å². The van der Waals surface area contributed by atoms with Gasteiger partial charge in [0.05, 0.1) is 5.56 Å². The van der Waals surface area contributed by atoms with E-state index in [9.17, 15) is 22.8 Å². The van der Waals surface area contributed by atoms with Crippen molar-refractivity contribution in [1.82, 2.24) is 14.7 Å². The fraction of sp³-hybridized carbons (Fsp3) is 0.667. The number of hydrogen-bond acceptors (Lipinski definition) is 3. The molecular weight excluding hydrogens is 505 g/mol. The van der Waals surface area contributed by atoms with Crippen molar-refractivity contribution in [2.45, 2.75) is 65.5 Å². The van der Waals surface area contributed by atoms with Crippen LogP contribution in [0.3, 0.4) is 0 Å². The predicted octanol–water partition coefficient (Wildman–Crippen LogP) is 6.26. The molecule has 1 aromatic rings. The fourth-order valence-corrected chi connectivity index (χ4v) is 6.27. The van der Waals surface area contributed by atoms with Gasteiger partial charge in [0.1, 0.15) is 0 Å². The molecule has 9 heteroatoms. The zero-order valence-electron chi connectivity index (χ0n) is 23.5. The largest absolute Gasteiger partial charge is 0.416 e. The van der Waals surface area contributed by atoms with Crippen molar-refractivity contribution in [2.75, 3.05) is 51.1 Å². The van der Waals surface area contributed by atoms with Crippen molar-refractivity contribution in [3.63, 3.8) is 0 Å². The van der Waals surface area contributed by atoms with E-state index in [0.717, 1.165) is 50.3 Å². The normalized spacial score (nSPS) is 22.6. The number of halogens is 3. The number of rotatable bonds is 10. The van der Waals surface area contributed by atoms with Crippen LogP contribution in [0.2, 0.25) is 0 Å². The molecule has 5 rings (SSSR count). The molecule has 1 saturated heterocycles. The number of piperazine rings is 1. The van der Waals surface area contributed by atoms with Crippen LogP contribution in [0, 0.1) is 17.3 Å². The summed E-state index contributed by atoms with van der Waals surface area (Å²) in [6, 6.07) is 4.29. The van der Waals surface area contributed by atoms with Crippen LogP contribution >= 0.6 is 0 Å². The molecule has 0 aromatic heterocycles. The van der Waals surface area contributed by atoms with Gasteiger partial charge < -0.3 is 15.1 Å². The Morgan fingerprint density at radius 2 is 1.87 bits per heavy atom. The maximum absolute atomic E-state index is 13.2. The van der Waals surface area contributed by atoms with Gasteiger partial charge >= 0.3 is 12.2 Å². The van der Waals surface area contributed by atoms with Crippen LogP contribution in [0.4, 0.5) is 23.7 Å². The second kappa shape index (κ2) is 12.3. The van der Waals surface area contributed by atoms with Crippen molar-refractivity contribution in [2.24, 2.45) is 17.3 Å². The quantitative estimate of drug-likeness (QED) is 0.278. The summed E-state index contributed by atoms with van der Waals surface area (Å²) in [5, 5.41) is 2.60. The molecule has 39 heavy (non-hydrogen) atoms. The second-order valence-corrected chi connectivity index (χ2v) is 11.9. The van der Waals surface area contributed by atoms with Gasteiger partial charge in [-0.25, -0.2) is 4.79 Å². The smallest absolute Gasteiger partial charge is 0.337 e. The topological polar surface area (TPSA) is 55.9 Å². The van der Waals surface area contributed by atoms with Crippen LogP contribution in [0.5, 0.6) is 0 Å². The number of unbranched alkanes of at least 4 members (excludes halogenated alkanes) is 2. The van der Waals surface area contributed by atoms with E-state index in [-0.39, 0.29) is 11.6 Å². The number of nitrogens with one attached hydrogen (secondary N) is 1. The lowest BCUT2D eigenvalue weighted by molar-refractivity contribution is -0.137. The van der Waals surface area contributed by atoms with E-state index < -0.39 is 17.8 Å². The van der Waals surface area contributed by atoms with E-state index in [0.29, 0.717) is 57.0 Å². The van der Waals surface area contributed by atoms with Crippen molar-refractivity contribution < 1.29 is 22.8 Å².